The zero-order valence-electron chi connectivity index (χ0n) is 14.3. The maximum absolute atomic E-state index is 2.38. The average Bonchev–Trinajstić information content (AvgIpc) is 2.62. The summed E-state index contributed by atoms with van der Waals surface area (Å²) >= 11 is 0. The molecule has 0 heteroatoms. The molecule has 0 fully saturated rings. The fourth-order valence-corrected chi connectivity index (χ4v) is 3.73. The molecule has 3 aromatic rings. The Hall–Kier alpha value is -2.60. The molecule has 0 spiro atoms. The van der Waals surface area contributed by atoms with Gasteiger partial charge >= 0.3 is 0 Å². The molecule has 0 heterocycles. The Balaban J connectivity index is 2.24. The van der Waals surface area contributed by atoms with Gasteiger partial charge in [-0.2, -0.15) is 0 Å². The molecular formula is C24H22. The lowest BCUT2D eigenvalue weighted by molar-refractivity contribution is 1.06. The molecule has 118 valence electrons. The first-order valence-corrected chi connectivity index (χ1v) is 8.84. The van der Waals surface area contributed by atoms with Gasteiger partial charge in [-0.15, -0.1) is 0 Å². The van der Waals surface area contributed by atoms with Crippen molar-refractivity contribution in [1.29, 1.82) is 0 Å². The number of aryl methyl sites for hydroxylation is 2. The predicted molar refractivity (Wildman–Crippen MR) is 103 cm³/mol. The average molecular weight is 310 g/mol. The zero-order chi connectivity index (χ0) is 16.5. The van der Waals surface area contributed by atoms with Crippen molar-refractivity contribution in [2.45, 2.75) is 26.7 Å². The molecule has 0 amide bonds. The molecule has 0 unspecified atom stereocenters. The van der Waals surface area contributed by atoms with Crippen LogP contribution in [0.25, 0.3) is 23.3 Å². The lowest BCUT2D eigenvalue weighted by Gasteiger charge is -2.14. The van der Waals surface area contributed by atoms with Gasteiger partial charge in [0.1, 0.15) is 0 Å². The van der Waals surface area contributed by atoms with Gasteiger partial charge in [-0.25, -0.2) is 0 Å². The smallest absolute Gasteiger partial charge is 0.0105 e. The minimum Gasteiger partial charge on any atom is -0.0616 e. The largest absolute Gasteiger partial charge is 0.0616 e. The SMILES string of the molecule is CCc1ccc(CC)c2/c1=C\c1ccccc1-c1ccccc1\C=2. The van der Waals surface area contributed by atoms with E-state index in [1.807, 2.05) is 0 Å². The molecule has 0 radical (unpaired) electrons. The summed E-state index contributed by atoms with van der Waals surface area (Å²) in [5.74, 6) is 0. The van der Waals surface area contributed by atoms with E-state index < -0.39 is 0 Å². The third-order valence-electron chi connectivity index (χ3n) is 5.04. The van der Waals surface area contributed by atoms with E-state index in [1.165, 1.54) is 43.8 Å². The fraction of sp³-hybridized carbons (Fsp3) is 0.167. The minimum atomic E-state index is 1.06. The molecule has 24 heavy (non-hydrogen) atoms. The summed E-state index contributed by atoms with van der Waals surface area (Å²) in [6.07, 6.45) is 6.88. The highest BCUT2D eigenvalue weighted by atomic mass is 14.1. The summed E-state index contributed by atoms with van der Waals surface area (Å²) in [6, 6.07) is 22.1. The summed E-state index contributed by atoms with van der Waals surface area (Å²) in [7, 11) is 0. The van der Waals surface area contributed by atoms with Crippen LogP contribution < -0.4 is 10.4 Å². The number of rotatable bonds is 2. The van der Waals surface area contributed by atoms with E-state index in [4.69, 9.17) is 0 Å². The second-order valence-corrected chi connectivity index (χ2v) is 6.38. The highest BCUT2D eigenvalue weighted by Crippen LogP contribution is 2.28. The first kappa shape index (κ1) is 15.0. The molecule has 0 atom stereocenters. The number of hydrogen-bond donors (Lipinski definition) is 0. The molecule has 1 aliphatic rings. The van der Waals surface area contributed by atoms with Crippen molar-refractivity contribution in [3.8, 4) is 11.1 Å². The van der Waals surface area contributed by atoms with Crippen LogP contribution in [-0.4, -0.2) is 0 Å². The first-order valence-electron chi connectivity index (χ1n) is 8.84. The second-order valence-electron chi connectivity index (χ2n) is 6.38. The zero-order valence-corrected chi connectivity index (χ0v) is 14.3. The Morgan fingerprint density at radius 1 is 0.542 bits per heavy atom. The molecule has 1 aliphatic carbocycles. The summed E-state index contributed by atoms with van der Waals surface area (Å²) in [5, 5.41) is 2.78. The van der Waals surface area contributed by atoms with Gasteiger partial charge in [-0.1, -0.05) is 74.5 Å². The van der Waals surface area contributed by atoms with Crippen LogP contribution in [0.3, 0.4) is 0 Å². The van der Waals surface area contributed by atoms with Gasteiger partial charge < -0.3 is 0 Å². The number of hydrogen-bond acceptors (Lipinski definition) is 0. The van der Waals surface area contributed by atoms with Gasteiger partial charge in [-0.05, 0) is 68.8 Å². The third-order valence-corrected chi connectivity index (χ3v) is 5.04. The van der Waals surface area contributed by atoms with Crippen LogP contribution in [0.4, 0.5) is 0 Å². The van der Waals surface area contributed by atoms with Crippen LogP contribution >= 0.6 is 0 Å². The topological polar surface area (TPSA) is 0 Å². The van der Waals surface area contributed by atoms with Crippen molar-refractivity contribution in [2.75, 3.05) is 0 Å². The van der Waals surface area contributed by atoms with Crippen molar-refractivity contribution in [3.05, 3.63) is 93.4 Å². The lowest BCUT2D eigenvalue weighted by Crippen LogP contribution is -2.32. The summed E-state index contributed by atoms with van der Waals surface area (Å²) in [6.45, 7) is 4.49. The predicted octanol–water partition coefficient (Wildman–Crippen LogP) is 4.45. The van der Waals surface area contributed by atoms with E-state index in [-0.39, 0.29) is 0 Å². The number of benzene rings is 3. The van der Waals surface area contributed by atoms with Crippen molar-refractivity contribution in [3.63, 3.8) is 0 Å². The van der Waals surface area contributed by atoms with E-state index in [0.717, 1.165) is 12.8 Å². The standard InChI is InChI=1S/C24H22/c1-3-17-13-14-18(4-2)24-16-20-10-6-8-12-22(20)21-11-7-5-9-19(21)15-23(17)24/h5-16H,3-4H2,1-2H3/b19-15?,20-16?,22-21?,23-15-,24-16-. The van der Waals surface area contributed by atoms with E-state index >= 15 is 0 Å². The van der Waals surface area contributed by atoms with Gasteiger partial charge in [0.15, 0.2) is 0 Å². The maximum atomic E-state index is 2.38. The Morgan fingerprint density at radius 3 is 1.38 bits per heavy atom. The van der Waals surface area contributed by atoms with Crippen molar-refractivity contribution < 1.29 is 0 Å². The normalized spacial score (nSPS) is 14.8. The van der Waals surface area contributed by atoms with Crippen LogP contribution in [0.15, 0.2) is 60.7 Å². The molecule has 0 saturated heterocycles. The van der Waals surface area contributed by atoms with E-state index in [1.54, 1.807) is 0 Å². The molecule has 3 aromatic carbocycles. The van der Waals surface area contributed by atoms with E-state index in [0.29, 0.717) is 0 Å². The molecule has 4 rings (SSSR count). The van der Waals surface area contributed by atoms with Crippen molar-refractivity contribution in [2.24, 2.45) is 0 Å². The van der Waals surface area contributed by atoms with Crippen LogP contribution in [0.2, 0.25) is 0 Å². The second kappa shape index (κ2) is 6.13. The number of fused-ring (bicyclic) bond motifs is 4. The fourth-order valence-electron chi connectivity index (χ4n) is 3.73. The lowest BCUT2D eigenvalue weighted by atomic mass is 9.89. The Bertz CT molecular complexity index is 938. The van der Waals surface area contributed by atoms with Gasteiger partial charge in [0.25, 0.3) is 0 Å². The minimum absolute atomic E-state index is 1.06. The van der Waals surface area contributed by atoms with Crippen LogP contribution in [0, 0.1) is 0 Å². The van der Waals surface area contributed by atoms with Crippen LogP contribution in [0.5, 0.6) is 0 Å². The molecule has 0 saturated carbocycles. The molecule has 0 aromatic heterocycles. The highest BCUT2D eigenvalue weighted by Gasteiger charge is 2.11. The molecular weight excluding hydrogens is 288 g/mol. The van der Waals surface area contributed by atoms with E-state index in [9.17, 15) is 0 Å². The van der Waals surface area contributed by atoms with Gasteiger partial charge in [-0.3, -0.25) is 0 Å². The molecule has 0 N–H and O–H groups in total. The van der Waals surface area contributed by atoms with Gasteiger partial charge in [0, 0.05) is 0 Å². The monoisotopic (exact) mass is 310 g/mol. The summed E-state index contributed by atoms with van der Waals surface area (Å²) in [4.78, 5) is 0. The molecule has 0 aliphatic heterocycles. The highest BCUT2D eigenvalue weighted by molar-refractivity contribution is 5.83. The van der Waals surface area contributed by atoms with Crippen LogP contribution in [0.1, 0.15) is 36.1 Å². The maximum Gasteiger partial charge on any atom is -0.0105 e. The quantitative estimate of drug-likeness (QED) is 0.513. The van der Waals surface area contributed by atoms with E-state index in [2.05, 4.69) is 86.7 Å². The Morgan fingerprint density at radius 2 is 0.958 bits per heavy atom. The molecule has 0 bridgehead atoms. The van der Waals surface area contributed by atoms with Gasteiger partial charge in [0.05, 0.1) is 0 Å². The van der Waals surface area contributed by atoms with Crippen molar-refractivity contribution in [1.82, 2.24) is 0 Å². The Labute approximate surface area is 143 Å². The first-order chi connectivity index (χ1) is 11.8. The summed E-state index contributed by atoms with van der Waals surface area (Å²) < 4.78 is 0. The van der Waals surface area contributed by atoms with Crippen LogP contribution in [-0.2, 0) is 12.8 Å². The summed E-state index contributed by atoms with van der Waals surface area (Å²) in [5.41, 5.74) is 8.10. The Kier molecular flexibility index (Phi) is 3.82. The molecule has 0 nitrogen and oxygen atoms in total. The van der Waals surface area contributed by atoms with Gasteiger partial charge in [0.2, 0.25) is 0 Å². The third kappa shape index (κ3) is 2.39. The van der Waals surface area contributed by atoms with Crippen molar-refractivity contribution >= 4 is 12.2 Å².